The van der Waals surface area contributed by atoms with Gasteiger partial charge in [-0.2, -0.15) is 13.2 Å². The smallest absolute Gasteiger partial charge is 0.345 e. The normalized spacial score (nSPS) is 11.1. The number of carbonyl (C=O) groups excluding carboxylic acids is 2. The molecule has 21 heavy (non-hydrogen) atoms. The summed E-state index contributed by atoms with van der Waals surface area (Å²) >= 11 is 0. The summed E-state index contributed by atoms with van der Waals surface area (Å²) in [7, 11) is 0. The highest BCUT2D eigenvalue weighted by atomic mass is 19.4. The fourth-order valence-electron chi connectivity index (χ4n) is 1.49. The van der Waals surface area contributed by atoms with Crippen LogP contribution in [-0.4, -0.2) is 41.0 Å². The van der Waals surface area contributed by atoms with E-state index in [9.17, 15) is 22.8 Å². The average molecular weight is 304 g/mol. The van der Waals surface area contributed by atoms with Crippen LogP contribution < -0.4 is 10.6 Å². The van der Waals surface area contributed by atoms with Crippen molar-refractivity contribution in [2.24, 2.45) is 0 Å². The van der Waals surface area contributed by atoms with Crippen LogP contribution in [0.2, 0.25) is 0 Å². The highest BCUT2D eigenvalue weighted by molar-refractivity contribution is 5.97. The van der Waals surface area contributed by atoms with Crippen LogP contribution in [0.3, 0.4) is 0 Å². The Kier molecular flexibility index (Phi) is 5.62. The predicted octanol–water partition coefficient (Wildman–Crippen LogP) is 0.756. The second-order valence-corrected chi connectivity index (χ2v) is 4.21. The number of hydrogen-bond acceptors (Lipinski definition) is 4. The first-order chi connectivity index (χ1) is 9.73. The minimum atomic E-state index is -4.49. The Morgan fingerprint density at radius 3 is 2.52 bits per heavy atom. The van der Waals surface area contributed by atoms with Crippen LogP contribution >= 0.6 is 0 Å². The number of alkyl halides is 3. The number of rotatable bonds is 5. The zero-order chi connectivity index (χ0) is 16.0. The summed E-state index contributed by atoms with van der Waals surface area (Å²) in [5.41, 5.74) is 0.711. The van der Waals surface area contributed by atoms with E-state index in [4.69, 9.17) is 0 Å². The van der Waals surface area contributed by atoms with Gasteiger partial charge in [-0.3, -0.25) is 9.59 Å². The first-order valence-electron chi connectivity index (χ1n) is 6.17. The van der Waals surface area contributed by atoms with E-state index in [2.05, 4.69) is 15.3 Å². The molecule has 0 spiro atoms. The third-order valence-electron chi connectivity index (χ3n) is 2.46. The molecule has 0 saturated heterocycles. The highest BCUT2D eigenvalue weighted by Crippen LogP contribution is 2.11. The lowest BCUT2D eigenvalue weighted by molar-refractivity contribution is -0.137. The van der Waals surface area contributed by atoms with Crippen LogP contribution in [0.1, 0.15) is 28.8 Å². The summed E-state index contributed by atoms with van der Waals surface area (Å²) in [4.78, 5) is 31.0. The first-order valence-corrected chi connectivity index (χ1v) is 6.17. The summed E-state index contributed by atoms with van der Waals surface area (Å²) in [6.45, 7) is 1.49. The van der Waals surface area contributed by atoms with Gasteiger partial charge in [0.25, 0.3) is 5.91 Å². The minimum Gasteiger partial charge on any atom is -0.345 e. The van der Waals surface area contributed by atoms with E-state index >= 15 is 0 Å². The topological polar surface area (TPSA) is 84.0 Å². The van der Waals surface area contributed by atoms with E-state index in [1.807, 2.05) is 0 Å². The molecule has 6 nitrogen and oxygen atoms in total. The summed E-state index contributed by atoms with van der Waals surface area (Å²) in [5, 5.41) is 3.89. The van der Waals surface area contributed by atoms with Crippen LogP contribution in [0.5, 0.6) is 0 Å². The molecular weight excluding hydrogens is 289 g/mol. The van der Waals surface area contributed by atoms with Crippen molar-refractivity contribution in [1.82, 2.24) is 20.6 Å². The van der Waals surface area contributed by atoms with E-state index < -0.39 is 31.1 Å². The van der Waals surface area contributed by atoms with Crippen molar-refractivity contribution in [1.29, 1.82) is 0 Å². The third kappa shape index (κ3) is 5.76. The van der Waals surface area contributed by atoms with Gasteiger partial charge in [0.15, 0.2) is 0 Å². The molecule has 0 aliphatic rings. The largest absolute Gasteiger partial charge is 0.405 e. The SMILES string of the molecule is CCc1nc(C)ncc1C(=O)NCC(=O)NCC(F)(F)F. The van der Waals surface area contributed by atoms with Crippen LogP contribution in [0, 0.1) is 6.92 Å². The van der Waals surface area contributed by atoms with Crippen molar-refractivity contribution in [3.05, 3.63) is 23.3 Å². The lowest BCUT2D eigenvalue weighted by Crippen LogP contribution is -2.41. The molecule has 2 N–H and O–H groups in total. The maximum absolute atomic E-state index is 11.9. The fourth-order valence-corrected chi connectivity index (χ4v) is 1.49. The van der Waals surface area contributed by atoms with Gasteiger partial charge in [-0.25, -0.2) is 9.97 Å². The quantitative estimate of drug-likeness (QED) is 0.841. The monoisotopic (exact) mass is 304 g/mol. The Morgan fingerprint density at radius 1 is 1.29 bits per heavy atom. The number of aryl methyl sites for hydroxylation is 2. The molecule has 0 radical (unpaired) electrons. The van der Waals surface area contributed by atoms with Gasteiger partial charge in [0, 0.05) is 6.20 Å². The second-order valence-electron chi connectivity index (χ2n) is 4.21. The first kappa shape index (κ1) is 16.9. The standard InChI is InChI=1S/C12H15F3N4O2/c1-3-9-8(4-16-7(2)19-9)11(21)17-5-10(20)18-6-12(13,14)15/h4H,3,5-6H2,1-2H3,(H,17,21)(H,18,20). The molecule has 0 unspecified atom stereocenters. The number of halogens is 3. The van der Waals surface area contributed by atoms with Gasteiger partial charge in [-0.1, -0.05) is 6.92 Å². The molecule has 9 heteroatoms. The van der Waals surface area contributed by atoms with Crippen LogP contribution in [0.4, 0.5) is 13.2 Å². The molecule has 1 rings (SSSR count). The van der Waals surface area contributed by atoms with Crippen LogP contribution in [0.15, 0.2) is 6.20 Å². The van der Waals surface area contributed by atoms with E-state index in [0.29, 0.717) is 17.9 Å². The fraction of sp³-hybridized carbons (Fsp3) is 0.500. The molecule has 1 aromatic heterocycles. The summed E-state index contributed by atoms with van der Waals surface area (Å²) in [6.07, 6.45) is -2.67. The predicted molar refractivity (Wildman–Crippen MR) is 67.5 cm³/mol. The lowest BCUT2D eigenvalue weighted by Gasteiger charge is -2.10. The van der Waals surface area contributed by atoms with Gasteiger partial charge in [-0.15, -0.1) is 0 Å². The van der Waals surface area contributed by atoms with Crippen molar-refractivity contribution in [2.75, 3.05) is 13.1 Å². The minimum absolute atomic E-state index is 0.201. The van der Waals surface area contributed by atoms with E-state index in [-0.39, 0.29) is 5.56 Å². The van der Waals surface area contributed by atoms with Gasteiger partial charge in [-0.05, 0) is 13.3 Å². The number of nitrogens with one attached hydrogen (secondary N) is 2. The Balaban J connectivity index is 2.56. The van der Waals surface area contributed by atoms with Crippen LogP contribution in [-0.2, 0) is 11.2 Å². The van der Waals surface area contributed by atoms with E-state index in [1.165, 1.54) is 6.20 Å². The molecule has 116 valence electrons. The molecule has 1 heterocycles. The molecule has 0 saturated carbocycles. The number of aromatic nitrogens is 2. The molecule has 0 atom stereocenters. The van der Waals surface area contributed by atoms with E-state index in [0.717, 1.165) is 0 Å². The van der Waals surface area contributed by atoms with Crippen molar-refractivity contribution in [2.45, 2.75) is 26.4 Å². The Morgan fingerprint density at radius 2 is 1.95 bits per heavy atom. The number of amides is 2. The molecule has 0 aromatic carbocycles. The zero-order valence-corrected chi connectivity index (χ0v) is 11.5. The number of carbonyl (C=O) groups is 2. The van der Waals surface area contributed by atoms with Gasteiger partial charge >= 0.3 is 6.18 Å². The Hall–Kier alpha value is -2.19. The Labute approximate surface area is 119 Å². The van der Waals surface area contributed by atoms with Crippen molar-refractivity contribution < 1.29 is 22.8 Å². The van der Waals surface area contributed by atoms with Gasteiger partial charge in [0.2, 0.25) is 5.91 Å². The summed E-state index contributed by atoms with van der Waals surface area (Å²) in [6, 6.07) is 0. The van der Waals surface area contributed by atoms with Crippen molar-refractivity contribution >= 4 is 11.8 Å². The average Bonchev–Trinajstić information content (AvgIpc) is 2.41. The van der Waals surface area contributed by atoms with Gasteiger partial charge in [0.1, 0.15) is 12.4 Å². The van der Waals surface area contributed by atoms with Crippen molar-refractivity contribution in [3.63, 3.8) is 0 Å². The maximum atomic E-state index is 11.9. The molecule has 0 aliphatic carbocycles. The second kappa shape index (κ2) is 7.00. The third-order valence-corrected chi connectivity index (χ3v) is 2.46. The lowest BCUT2D eigenvalue weighted by atomic mass is 10.2. The number of nitrogens with zero attached hydrogens (tertiary/aromatic N) is 2. The summed E-state index contributed by atoms with van der Waals surface area (Å²) in [5.74, 6) is -1.02. The van der Waals surface area contributed by atoms with Crippen LogP contribution in [0.25, 0.3) is 0 Å². The maximum Gasteiger partial charge on any atom is 0.405 e. The molecule has 0 aliphatic heterocycles. The molecule has 1 aromatic rings. The molecule has 0 fully saturated rings. The highest BCUT2D eigenvalue weighted by Gasteiger charge is 2.27. The number of hydrogen-bond donors (Lipinski definition) is 2. The van der Waals surface area contributed by atoms with E-state index in [1.54, 1.807) is 19.2 Å². The zero-order valence-electron chi connectivity index (χ0n) is 11.5. The van der Waals surface area contributed by atoms with Crippen molar-refractivity contribution in [3.8, 4) is 0 Å². The molecule has 0 bridgehead atoms. The van der Waals surface area contributed by atoms with Gasteiger partial charge in [0.05, 0.1) is 17.8 Å². The summed E-state index contributed by atoms with van der Waals surface area (Å²) < 4.78 is 35.7. The Bertz CT molecular complexity index is 532. The molecule has 2 amide bonds. The molecular formula is C12H15F3N4O2. The van der Waals surface area contributed by atoms with Gasteiger partial charge < -0.3 is 10.6 Å².